The molecule has 3 aromatic rings. The molecule has 40 heavy (non-hydrogen) atoms. The van der Waals surface area contributed by atoms with Crippen LogP contribution in [-0.4, -0.2) is 38.7 Å². The summed E-state index contributed by atoms with van der Waals surface area (Å²) in [5.41, 5.74) is -0.906. The standard InChI is InChI=1S/C29H27ClFN3O6/c1-6-14-19(31)9-20-23(24(14)30)15(10-32-22(35)13-40-28(3,4)5)16-11-34-21(25(16)33-20)8-18-17(26(34)36)12-39-27(37)29(18,38)7-2/h1,8-9,38H,7,10-13H2,2-5H3,(H,32,35)/t29-/m0/s1. The number of nitrogens with one attached hydrogen (secondary N) is 1. The van der Waals surface area contributed by atoms with E-state index in [-0.39, 0.29) is 60.0 Å². The third-order valence-electron chi connectivity index (χ3n) is 7.23. The Kier molecular flexibility index (Phi) is 6.73. The maximum Gasteiger partial charge on any atom is 0.343 e. The molecule has 0 unspecified atom stereocenters. The number of esters is 1. The van der Waals surface area contributed by atoms with Crippen LogP contribution in [0.2, 0.25) is 5.02 Å². The maximum atomic E-state index is 14.9. The van der Waals surface area contributed by atoms with Gasteiger partial charge in [0.05, 0.1) is 45.2 Å². The smallest absolute Gasteiger partial charge is 0.343 e. The summed E-state index contributed by atoms with van der Waals surface area (Å²) >= 11 is 6.59. The highest BCUT2D eigenvalue weighted by Crippen LogP contribution is 2.42. The fraction of sp³-hybridized carbons (Fsp3) is 0.379. The number of aromatic nitrogens is 2. The van der Waals surface area contributed by atoms with Crippen molar-refractivity contribution < 1.29 is 28.6 Å². The average Bonchev–Trinajstić information content (AvgIpc) is 3.26. The third kappa shape index (κ3) is 4.35. The highest BCUT2D eigenvalue weighted by molar-refractivity contribution is 6.37. The number of carbonyl (C=O) groups is 2. The topological polar surface area (TPSA) is 120 Å². The summed E-state index contributed by atoms with van der Waals surface area (Å²) in [4.78, 5) is 43.3. The van der Waals surface area contributed by atoms with E-state index in [9.17, 15) is 23.9 Å². The molecule has 0 saturated heterocycles. The predicted octanol–water partition coefficient (Wildman–Crippen LogP) is 3.28. The van der Waals surface area contributed by atoms with E-state index in [1.54, 1.807) is 13.0 Å². The molecular weight excluding hydrogens is 541 g/mol. The Morgan fingerprint density at radius 2 is 2.08 bits per heavy atom. The number of rotatable bonds is 5. The number of aliphatic hydroxyl groups is 1. The average molecular weight is 568 g/mol. The van der Waals surface area contributed by atoms with Gasteiger partial charge in [0.2, 0.25) is 5.91 Å². The van der Waals surface area contributed by atoms with Gasteiger partial charge in [0.25, 0.3) is 5.56 Å². The molecule has 1 aromatic carbocycles. The summed E-state index contributed by atoms with van der Waals surface area (Å²) in [6.07, 6.45) is 5.52. The minimum Gasteiger partial charge on any atom is -0.458 e. The molecule has 11 heteroatoms. The second kappa shape index (κ2) is 9.70. The van der Waals surface area contributed by atoms with Crippen LogP contribution < -0.4 is 10.9 Å². The van der Waals surface area contributed by atoms with E-state index in [0.29, 0.717) is 27.9 Å². The Bertz CT molecular complexity index is 1720. The number of ether oxygens (including phenoxy) is 2. The molecule has 0 saturated carbocycles. The van der Waals surface area contributed by atoms with Crippen LogP contribution in [0.4, 0.5) is 4.39 Å². The van der Waals surface area contributed by atoms with Crippen molar-refractivity contribution in [3.63, 3.8) is 0 Å². The highest BCUT2D eigenvalue weighted by Gasteiger charge is 2.45. The summed E-state index contributed by atoms with van der Waals surface area (Å²) in [7, 11) is 0. The van der Waals surface area contributed by atoms with Crippen LogP contribution in [0, 0.1) is 18.2 Å². The number of hydrogen-bond donors (Lipinski definition) is 2. The lowest BCUT2D eigenvalue weighted by Gasteiger charge is -2.31. The number of benzene rings is 1. The molecule has 2 N–H and O–H groups in total. The van der Waals surface area contributed by atoms with Gasteiger partial charge in [-0.15, -0.1) is 6.42 Å². The quantitative estimate of drug-likeness (QED) is 0.280. The first-order valence-electron chi connectivity index (χ1n) is 12.7. The Morgan fingerprint density at radius 1 is 1.35 bits per heavy atom. The molecule has 9 nitrogen and oxygen atoms in total. The van der Waals surface area contributed by atoms with E-state index in [0.717, 1.165) is 6.07 Å². The highest BCUT2D eigenvalue weighted by atomic mass is 35.5. The van der Waals surface area contributed by atoms with Gasteiger partial charge in [0, 0.05) is 29.1 Å². The van der Waals surface area contributed by atoms with Crippen LogP contribution in [-0.2, 0) is 44.4 Å². The number of fused-ring (bicyclic) bond motifs is 5. The third-order valence-corrected chi connectivity index (χ3v) is 7.60. The van der Waals surface area contributed by atoms with Crippen molar-refractivity contribution in [2.75, 3.05) is 6.61 Å². The lowest BCUT2D eigenvalue weighted by molar-refractivity contribution is -0.172. The van der Waals surface area contributed by atoms with Gasteiger partial charge in [-0.3, -0.25) is 9.59 Å². The van der Waals surface area contributed by atoms with Crippen molar-refractivity contribution >= 4 is 34.4 Å². The lowest BCUT2D eigenvalue weighted by atomic mass is 9.86. The van der Waals surface area contributed by atoms with E-state index >= 15 is 0 Å². The minimum absolute atomic E-state index is 0.0106. The Morgan fingerprint density at radius 3 is 2.73 bits per heavy atom. The number of terminal acetylenes is 1. The first kappa shape index (κ1) is 27.8. The molecule has 1 atom stereocenters. The summed E-state index contributed by atoms with van der Waals surface area (Å²) in [5.74, 6) is 0.287. The van der Waals surface area contributed by atoms with E-state index in [1.165, 1.54) is 4.57 Å². The first-order valence-corrected chi connectivity index (χ1v) is 13.1. The van der Waals surface area contributed by atoms with Gasteiger partial charge in [-0.1, -0.05) is 24.4 Å². The van der Waals surface area contributed by atoms with Gasteiger partial charge < -0.3 is 24.5 Å². The van der Waals surface area contributed by atoms with Gasteiger partial charge in [0.1, 0.15) is 19.0 Å². The molecule has 0 aliphatic carbocycles. The van der Waals surface area contributed by atoms with Crippen LogP contribution in [0.5, 0.6) is 0 Å². The molecule has 0 fully saturated rings. The summed E-state index contributed by atoms with van der Waals surface area (Å²) in [5, 5.41) is 14.2. The molecule has 4 heterocycles. The molecule has 2 aliphatic rings. The molecule has 0 bridgehead atoms. The number of hydrogen-bond acceptors (Lipinski definition) is 7. The van der Waals surface area contributed by atoms with Crippen molar-refractivity contribution in [2.45, 2.75) is 65.0 Å². The van der Waals surface area contributed by atoms with Crippen LogP contribution in [0.25, 0.3) is 22.3 Å². The monoisotopic (exact) mass is 567 g/mol. The Balaban J connectivity index is 1.71. The summed E-state index contributed by atoms with van der Waals surface area (Å²) in [6.45, 7) is 6.64. The number of halogens is 2. The SMILES string of the molecule is C#Cc1c(F)cc2nc3c(c(CNC(=O)COC(C)(C)C)c2c1Cl)Cn1c-3cc2c(c1=O)COC(=O)[C@]2(O)CC. The molecule has 208 valence electrons. The normalized spacial score (nSPS) is 17.6. The zero-order chi connectivity index (χ0) is 29.1. The fourth-order valence-corrected chi connectivity index (χ4v) is 5.46. The molecule has 2 aliphatic heterocycles. The van der Waals surface area contributed by atoms with Gasteiger partial charge in [-0.25, -0.2) is 14.2 Å². The second-order valence-corrected chi connectivity index (χ2v) is 11.2. The van der Waals surface area contributed by atoms with E-state index < -0.39 is 34.5 Å². The molecular formula is C29H27ClFN3O6. The Hall–Kier alpha value is -3.78. The van der Waals surface area contributed by atoms with Gasteiger partial charge in [-0.05, 0) is 38.8 Å². The predicted molar refractivity (Wildman–Crippen MR) is 145 cm³/mol. The number of nitrogens with zero attached hydrogens (tertiary/aromatic N) is 2. The molecule has 1 amide bonds. The maximum absolute atomic E-state index is 14.9. The van der Waals surface area contributed by atoms with Gasteiger partial charge in [-0.2, -0.15) is 0 Å². The first-order chi connectivity index (χ1) is 18.8. The second-order valence-electron chi connectivity index (χ2n) is 10.8. The van der Waals surface area contributed by atoms with E-state index in [2.05, 4.69) is 16.2 Å². The van der Waals surface area contributed by atoms with Crippen LogP contribution >= 0.6 is 11.6 Å². The van der Waals surface area contributed by atoms with Crippen molar-refractivity contribution in [3.8, 4) is 23.7 Å². The largest absolute Gasteiger partial charge is 0.458 e. The van der Waals surface area contributed by atoms with E-state index in [4.69, 9.17) is 27.5 Å². The number of amides is 1. The zero-order valence-electron chi connectivity index (χ0n) is 22.4. The minimum atomic E-state index is -2.00. The summed E-state index contributed by atoms with van der Waals surface area (Å²) in [6, 6.07) is 2.71. The van der Waals surface area contributed by atoms with Crippen molar-refractivity contribution in [2.24, 2.45) is 0 Å². The van der Waals surface area contributed by atoms with E-state index in [1.807, 2.05) is 20.8 Å². The fourth-order valence-electron chi connectivity index (χ4n) is 5.10. The van der Waals surface area contributed by atoms with Crippen molar-refractivity contribution in [1.82, 2.24) is 14.9 Å². The van der Waals surface area contributed by atoms with Crippen LogP contribution in [0.15, 0.2) is 16.9 Å². The number of carbonyl (C=O) groups excluding carboxylic acids is 2. The number of cyclic esters (lactones) is 1. The van der Waals surface area contributed by atoms with Crippen LogP contribution in [0.3, 0.4) is 0 Å². The molecule has 0 radical (unpaired) electrons. The zero-order valence-corrected chi connectivity index (χ0v) is 23.2. The Labute approximate surface area is 234 Å². The lowest BCUT2D eigenvalue weighted by Crippen LogP contribution is -2.44. The van der Waals surface area contributed by atoms with Gasteiger partial charge >= 0.3 is 5.97 Å². The molecule has 5 rings (SSSR count). The molecule has 0 spiro atoms. The number of pyridine rings is 2. The van der Waals surface area contributed by atoms with Crippen LogP contribution in [0.1, 0.15) is 61.9 Å². The summed E-state index contributed by atoms with van der Waals surface area (Å²) < 4.78 is 27.0. The molecule has 2 aromatic heterocycles. The van der Waals surface area contributed by atoms with Crippen molar-refractivity contribution in [1.29, 1.82) is 0 Å². The van der Waals surface area contributed by atoms with Gasteiger partial charge in [0.15, 0.2) is 5.60 Å². The van der Waals surface area contributed by atoms with Crippen molar-refractivity contribution in [3.05, 3.63) is 61.1 Å².